The number of allylic oxidation sites excluding steroid dienone is 1. The van der Waals surface area contributed by atoms with Gasteiger partial charge in [0.25, 0.3) is 0 Å². The van der Waals surface area contributed by atoms with Crippen LogP contribution in [0.4, 0.5) is 0 Å². The monoisotopic (exact) mass is 160 g/mol. The Labute approximate surface area is 70.0 Å². The van der Waals surface area contributed by atoms with Crippen LogP contribution in [-0.2, 0) is 0 Å². The summed E-state index contributed by atoms with van der Waals surface area (Å²) in [7, 11) is 0. The third-order valence-electron chi connectivity index (χ3n) is 1.50. The maximum absolute atomic E-state index is 10.8. The second kappa shape index (κ2) is 3.54. The van der Waals surface area contributed by atoms with Crippen LogP contribution < -0.4 is 5.56 Å². The van der Waals surface area contributed by atoms with Crippen molar-refractivity contribution in [1.82, 2.24) is 4.98 Å². The van der Waals surface area contributed by atoms with Crippen LogP contribution in [0.15, 0.2) is 23.0 Å². The number of pyridine rings is 1. The molecule has 1 N–H and O–H groups in total. The van der Waals surface area contributed by atoms with Gasteiger partial charge in [0.05, 0.1) is 6.07 Å². The van der Waals surface area contributed by atoms with E-state index in [2.05, 4.69) is 4.98 Å². The summed E-state index contributed by atoms with van der Waals surface area (Å²) < 4.78 is 0. The molecule has 60 valence electrons. The Kier molecular flexibility index (Phi) is 2.44. The number of hydrogen-bond donors (Lipinski definition) is 1. The first kappa shape index (κ1) is 8.28. The van der Waals surface area contributed by atoms with Crippen molar-refractivity contribution in [3.05, 3.63) is 39.8 Å². The lowest BCUT2D eigenvalue weighted by molar-refractivity contribution is 1.13. The predicted octanol–water partition coefficient (Wildman–Crippen LogP) is 1.22. The van der Waals surface area contributed by atoms with Crippen LogP contribution >= 0.6 is 0 Å². The number of rotatable bonds is 1. The molecular weight excluding hydrogens is 152 g/mol. The number of aromatic nitrogens is 1. The smallest absolute Gasteiger partial charge is 0.248 e. The number of nitriles is 1. The molecule has 0 aliphatic carbocycles. The Morgan fingerprint density at radius 1 is 1.58 bits per heavy atom. The van der Waals surface area contributed by atoms with E-state index >= 15 is 0 Å². The third kappa shape index (κ3) is 1.83. The molecule has 3 nitrogen and oxygen atoms in total. The first-order valence-electron chi connectivity index (χ1n) is 3.50. The molecule has 0 aliphatic rings. The molecule has 0 bridgehead atoms. The Hall–Kier alpha value is -1.82. The second-order valence-electron chi connectivity index (χ2n) is 2.37. The van der Waals surface area contributed by atoms with Crippen LogP contribution in [0.5, 0.6) is 0 Å². The van der Waals surface area contributed by atoms with Crippen molar-refractivity contribution < 1.29 is 0 Å². The van der Waals surface area contributed by atoms with Gasteiger partial charge in [0.15, 0.2) is 0 Å². The van der Waals surface area contributed by atoms with E-state index in [1.807, 2.05) is 6.07 Å². The summed E-state index contributed by atoms with van der Waals surface area (Å²) in [5.41, 5.74) is 1.51. The van der Waals surface area contributed by atoms with Crippen molar-refractivity contribution in [2.75, 3.05) is 0 Å². The first-order chi connectivity index (χ1) is 5.74. The Balaban J connectivity index is 3.12. The Morgan fingerprint density at radius 2 is 2.33 bits per heavy atom. The average molecular weight is 160 g/mol. The molecule has 1 aromatic heterocycles. The van der Waals surface area contributed by atoms with E-state index in [-0.39, 0.29) is 5.56 Å². The summed E-state index contributed by atoms with van der Waals surface area (Å²) in [6, 6.07) is 5.00. The minimum atomic E-state index is -0.124. The lowest BCUT2D eigenvalue weighted by atomic mass is 10.2. The van der Waals surface area contributed by atoms with Crippen molar-refractivity contribution in [1.29, 1.82) is 5.26 Å². The van der Waals surface area contributed by atoms with E-state index in [9.17, 15) is 4.79 Å². The van der Waals surface area contributed by atoms with Gasteiger partial charge in [0.2, 0.25) is 5.56 Å². The molecule has 3 heteroatoms. The number of H-pyrrole nitrogens is 1. The highest BCUT2D eigenvalue weighted by molar-refractivity contribution is 5.53. The topological polar surface area (TPSA) is 56.6 Å². The summed E-state index contributed by atoms with van der Waals surface area (Å²) in [5.74, 6) is 0. The largest absolute Gasteiger partial charge is 0.326 e. The van der Waals surface area contributed by atoms with Crippen LogP contribution in [0.25, 0.3) is 6.08 Å². The molecule has 12 heavy (non-hydrogen) atoms. The van der Waals surface area contributed by atoms with Crippen molar-refractivity contribution in [3.63, 3.8) is 0 Å². The molecule has 1 aromatic rings. The van der Waals surface area contributed by atoms with Gasteiger partial charge in [0.1, 0.15) is 0 Å². The van der Waals surface area contributed by atoms with Crippen LogP contribution in [0, 0.1) is 18.3 Å². The van der Waals surface area contributed by atoms with Crippen LogP contribution in [0.3, 0.4) is 0 Å². The SMILES string of the molecule is Cc1[nH]c(=O)ccc1C=CC#N. The molecule has 0 saturated heterocycles. The van der Waals surface area contributed by atoms with Gasteiger partial charge in [-0.15, -0.1) is 0 Å². The highest BCUT2D eigenvalue weighted by atomic mass is 16.1. The Morgan fingerprint density at radius 3 is 2.92 bits per heavy atom. The van der Waals surface area contributed by atoms with E-state index in [0.29, 0.717) is 0 Å². The van der Waals surface area contributed by atoms with Gasteiger partial charge >= 0.3 is 0 Å². The van der Waals surface area contributed by atoms with Crippen molar-refractivity contribution in [3.8, 4) is 6.07 Å². The van der Waals surface area contributed by atoms with Gasteiger partial charge in [-0.2, -0.15) is 5.26 Å². The standard InChI is InChI=1S/C9H8N2O/c1-7-8(3-2-6-10)4-5-9(12)11-7/h2-5H,1H3,(H,11,12). The summed E-state index contributed by atoms with van der Waals surface area (Å²) in [6.45, 7) is 1.79. The van der Waals surface area contributed by atoms with Crippen LogP contribution in [0.2, 0.25) is 0 Å². The molecule has 0 radical (unpaired) electrons. The lowest BCUT2D eigenvalue weighted by Gasteiger charge is -1.96. The lowest BCUT2D eigenvalue weighted by Crippen LogP contribution is -2.05. The van der Waals surface area contributed by atoms with Crippen molar-refractivity contribution in [2.24, 2.45) is 0 Å². The van der Waals surface area contributed by atoms with E-state index in [1.54, 1.807) is 19.1 Å². The molecule has 0 fully saturated rings. The number of hydrogen-bond acceptors (Lipinski definition) is 2. The minimum absolute atomic E-state index is 0.124. The molecule has 0 aliphatic heterocycles. The number of nitrogens with one attached hydrogen (secondary N) is 1. The maximum Gasteiger partial charge on any atom is 0.248 e. The van der Waals surface area contributed by atoms with E-state index < -0.39 is 0 Å². The third-order valence-corrected chi connectivity index (χ3v) is 1.50. The quantitative estimate of drug-likeness (QED) is 0.628. The van der Waals surface area contributed by atoms with Gasteiger partial charge in [-0.05, 0) is 24.6 Å². The van der Waals surface area contributed by atoms with Gasteiger partial charge in [-0.3, -0.25) is 4.79 Å². The van der Waals surface area contributed by atoms with E-state index in [4.69, 9.17) is 5.26 Å². The first-order valence-corrected chi connectivity index (χ1v) is 3.50. The molecular formula is C9H8N2O. The zero-order valence-electron chi connectivity index (χ0n) is 6.66. The van der Waals surface area contributed by atoms with Gasteiger partial charge in [-0.1, -0.05) is 0 Å². The van der Waals surface area contributed by atoms with Gasteiger partial charge in [0, 0.05) is 17.8 Å². The Bertz CT molecular complexity index is 396. The minimum Gasteiger partial charge on any atom is -0.326 e. The number of aromatic amines is 1. The molecule has 0 saturated carbocycles. The zero-order chi connectivity index (χ0) is 8.97. The van der Waals surface area contributed by atoms with E-state index in [1.165, 1.54) is 12.1 Å². The normalized spacial score (nSPS) is 10.0. The number of nitrogens with zero attached hydrogens (tertiary/aromatic N) is 1. The fraction of sp³-hybridized carbons (Fsp3) is 0.111. The van der Waals surface area contributed by atoms with Crippen molar-refractivity contribution >= 4 is 6.08 Å². The summed E-state index contributed by atoms with van der Waals surface area (Å²) in [4.78, 5) is 13.4. The zero-order valence-corrected chi connectivity index (χ0v) is 6.66. The molecule has 0 aromatic carbocycles. The highest BCUT2D eigenvalue weighted by Crippen LogP contribution is 2.02. The van der Waals surface area contributed by atoms with Gasteiger partial charge < -0.3 is 4.98 Å². The average Bonchev–Trinajstić information content (AvgIpc) is 2.03. The van der Waals surface area contributed by atoms with Crippen LogP contribution in [0.1, 0.15) is 11.3 Å². The molecule has 0 spiro atoms. The van der Waals surface area contributed by atoms with Gasteiger partial charge in [-0.25, -0.2) is 0 Å². The molecule has 0 atom stereocenters. The summed E-state index contributed by atoms with van der Waals surface area (Å²) in [6.07, 6.45) is 3.03. The van der Waals surface area contributed by atoms with Crippen LogP contribution in [-0.4, -0.2) is 4.98 Å². The molecule has 0 amide bonds. The molecule has 0 unspecified atom stereocenters. The fourth-order valence-electron chi connectivity index (χ4n) is 0.897. The number of aryl methyl sites for hydroxylation is 1. The summed E-state index contributed by atoms with van der Waals surface area (Å²) >= 11 is 0. The molecule has 1 heterocycles. The van der Waals surface area contributed by atoms with Crippen molar-refractivity contribution in [2.45, 2.75) is 6.92 Å². The fourth-order valence-corrected chi connectivity index (χ4v) is 0.897. The summed E-state index contributed by atoms with van der Waals surface area (Å²) in [5, 5.41) is 8.26. The molecule has 1 rings (SSSR count). The highest BCUT2D eigenvalue weighted by Gasteiger charge is 1.92. The maximum atomic E-state index is 10.8. The van der Waals surface area contributed by atoms with E-state index in [0.717, 1.165) is 11.3 Å². The predicted molar refractivity (Wildman–Crippen MR) is 46.4 cm³/mol. The second-order valence-corrected chi connectivity index (χ2v) is 2.37.